The fraction of sp³-hybridized carbons (Fsp3) is 0.231. The lowest BCUT2D eigenvalue weighted by molar-refractivity contribution is -0.135. The second-order valence-electron chi connectivity index (χ2n) is 7.76. The first-order valence-corrected chi connectivity index (χ1v) is 10.5. The van der Waals surface area contributed by atoms with Crippen LogP contribution in [0.1, 0.15) is 41.1 Å². The summed E-state index contributed by atoms with van der Waals surface area (Å²) in [6.07, 6.45) is 1.05. The molecule has 3 aromatic rings. The Kier molecular flexibility index (Phi) is 6.41. The number of rotatable bonds is 6. The number of fused-ring (bicyclic) bond motifs is 1. The molecule has 0 fully saturated rings. The van der Waals surface area contributed by atoms with Gasteiger partial charge >= 0.3 is 0 Å². The molecule has 0 aliphatic carbocycles. The van der Waals surface area contributed by atoms with E-state index in [1.807, 2.05) is 47.4 Å². The van der Waals surface area contributed by atoms with Crippen LogP contribution in [0.2, 0.25) is 0 Å². The van der Waals surface area contributed by atoms with Crippen molar-refractivity contribution in [3.63, 3.8) is 0 Å². The molecule has 3 aromatic carbocycles. The zero-order valence-electron chi connectivity index (χ0n) is 17.3. The van der Waals surface area contributed by atoms with Crippen LogP contribution >= 0.6 is 0 Å². The van der Waals surface area contributed by atoms with Gasteiger partial charge in [-0.2, -0.15) is 0 Å². The molecule has 0 saturated carbocycles. The van der Waals surface area contributed by atoms with E-state index in [-0.39, 0.29) is 43.1 Å². The summed E-state index contributed by atoms with van der Waals surface area (Å²) < 4.78 is 13.3. The van der Waals surface area contributed by atoms with E-state index in [2.05, 4.69) is 17.4 Å². The van der Waals surface area contributed by atoms with Gasteiger partial charge in [-0.25, -0.2) is 4.39 Å². The van der Waals surface area contributed by atoms with Crippen LogP contribution in [-0.4, -0.2) is 23.3 Å². The Bertz CT molecular complexity index is 1070. The standard InChI is InChI=1S/C26H25FN2O2/c27-22-11-6-7-19(17-22)18-28-24(30)13-14-25(31)29-16-15-20-8-4-5-12-23(20)26(29)21-9-2-1-3-10-21/h1-12,17,26H,13-16,18H2,(H,28,30)/t26-/m0/s1. The van der Waals surface area contributed by atoms with Gasteiger partial charge < -0.3 is 10.2 Å². The lowest BCUT2D eigenvalue weighted by Crippen LogP contribution is -2.41. The second-order valence-corrected chi connectivity index (χ2v) is 7.76. The Morgan fingerprint density at radius 2 is 1.71 bits per heavy atom. The van der Waals surface area contributed by atoms with Crippen LogP contribution < -0.4 is 5.32 Å². The van der Waals surface area contributed by atoms with Crippen molar-refractivity contribution in [2.24, 2.45) is 0 Å². The summed E-state index contributed by atoms with van der Waals surface area (Å²) in [5.41, 5.74) is 4.16. The van der Waals surface area contributed by atoms with Gasteiger partial charge in [-0.15, -0.1) is 0 Å². The van der Waals surface area contributed by atoms with Crippen LogP contribution in [0.15, 0.2) is 78.9 Å². The SMILES string of the molecule is O=C(CCC(=O)N1CCc2ccccc2[C@@H]1c1ccccc1)NCc1cccc(F)c1. The van der Waals surface area contributed by atoms with Crippen molar-refractivity contribution in [2.45, 2.75) is 31.8 Å². The number of carbonyl (C=O) groups is 2. The fourth-order valence-electron chi connectivity index (χ4n) is 4.13. The maximum atomic E-state index is 13.3. The number of amides is 2. The summed E-state index contributed by atoms with van der Waals surface area (Å²) in [7, 11) is 0. The van der Waals surface area contributed by atoms with Crippen molar-refractivity contribution in [1.29, 1.82) is 0 Å². The molecule has 0 unspecified atom stereocenters. The Balaban J connectivity index is 1.41. The molecule has 1 heterocycles. The van der Waals surface area contributed by atoms with Crippen LogP contribution in [0.3, 0.4) is 0 Å². The molecule has 0 aromatic heterocycles. The van der Waals surface area contributed by atoms with Gasteiger partial charge in [0.15, 0.2) is 0 Å². The maximum Gasteiger partial charge on any atom is 0.223 e. The van der Waals surface area contributed by atoms with Crippen LogP contribution in [-0.2, 0) is 22.6 Å². The highest BCUT2D eigenvalue weighted by atomic mass is 19.1. The average molecular weight is 416 g/mol. The van der Waals surface area contributed by atoms with Gasteiger partial charge in [0.25, 0.3) is 0 Å². The highest BCUT2D eigenvalue weighted by Crippen LogP contribution is 2.35. The van der Waals surface area contributed by atoms with E-state index in [1.54, 1.807) is 12.1 Å². The molecule has 0 radical (unpaired) electrons. The monoisotopic (exact) mass is 416 g/mol. The summed E-state index contributed by atoms with van der Waals surface area (Å²) in [6, 6.07) is 24.2. The lowest BCUT2D eigenvalue weighted by atomic mass is 9.88. The number of halogens is 1. The third-order valence-corrected chi connectivity index (χ3v) is 5.66. The van der Waals surface area contributed by atoms with Crippen LogP contribution in [0.4, 0.5) is 4.39 Å². The molecular weight excluding hydrogens is 391 g/mol. The Hall–Kier alpha value is -3.47. The molecule has 0 saturated heterocycles. The summed E-state index contributed by atoms with van der Waals surface area (Å²) in [5, 5.41) is 2.77. The minimum atomic E-state index is -0.334. The number of carbonyl (C=O) groups excluding carboxylic acids is 2. The quantitative estimate of drug-likeness (QED) is 0.648. The molecule has 158 valence electrons. The highest BCUT2D eigenvalue weighted by Gasteiger charge is 2.31. The van der Waals surface area contributed by atoms with Gasteiger partial charge in [-0.3, -0.25) is 9.59 Å². The largest absolute Gasteiger partial charge is 0.352 e. The number of hydrogen-bond acceptors (Lipinski definition) is 2. The number of hydrogen-bond donors (Lipinski definition) is 1. The normalized spacial score (nSPS) is 15.3. The van der Waals surface area contributed by atoms with Crippen LogP contribution in [0.25, 0.3) is 0 Å². The summed E-state index contributed by atoms with van der Waals surface area (Å²) in [4.78, 5) is 27.3. The predicted octanol–water partition coefficient (Wildman–Crippen LogP) is 4.40. The van der Waals surface area contributed by atoms with E-state index in [9.17, 15) is 14.0 Å². The summed E-state index contributed by atoms with van der Waals surface area (Å²) in [6.45, 7) is 0.870. The molecule has 5 heteroatoms. The summed E-state index contributed by atoms with van der Waals surface area (Å²) in [5.74, 6) is -0.588. The molecule has 4 nitrogen and oxygen atoms in total. The highest BCUT2D eigenvalue weighted by molar-refractivity contribution is 5.84. The van der Waals surface area contributed by atoms with Crippen molar-refractivity contribution in [1.82, 2.24) is 10.2 Å². The van der Waals surface area contributed by atoms with Gasteiger partial charge in [-0.1, -0.05) is 66.7 Å². The molecule has 2 amide bonds. The number of nitrogens with one attached hydrogen (secondary N) is 1. The zero-order valence-corrected chi connectivity index (χ0v) is 17.3. The van der Waals surface area contributed by atoms with Crippen molar-refractivity contribution in [3.05, 3.63) is 107 Å². The minimum Gasteiger partial charge on any atom is -0.352 e. The molecular formula is C26H25FN2O2. The maximum absolute atomic E-state index is 13.3. The first-order valence-electron chi connectivity index (χ1n) is 10.5. The fourth-order valence-corrected chi connectivity index (χ4v) is 4.13. The van der Waals surface area contributed by atoms with E-state index in [4.69, 9.17) is 0 Å². The van der Waals surface area contributed by atoms with Gasteiger partial charge in [0.05, 0.1) is 6.04 Å². The smallest absolute Gasteiger partial charge is 0.223 e. The second kappa shape index (κ2) is 9.56. The zero-order chi connectivity index (χ0) is 21.6. The molecule has 1 atom stereocenters. The molecule has 0 bridgehead atoms. The summed E-state index contributed by atoms with van der Waals surface area (Å²) >= 11 is 0. The molecule has 1 N–H and O–H groups in total. The van der Waals surface area contributed by atoms with E-state index >= 15 is 0 Å². The first-order chi connectivity index (χ1) is 15.1. The first kappa shape index (κ1) is 20.8. The predicted molar refractivity (Wildman–Crippen MR) is 118 cm³/mol. The van der Waals surface area contributed by atoms with E-state index in [0.29, 0.717) is 12.1 Å². The average Bonchev–Trinajstić information content (AvgIpc) is 2.81. The molecule has 4 rings (SSSR count). The minimum absolute atomic E-state index is 0.0377. The third kappa shape index (κ3) is 5.00. The van der Waals surface area contributed by atoms with Crippen molar-refractivity contribution >= 4 is 11.8 Å². The molecule has 1 aliphatic heterocycles. The van der Waals surface area contributed by atoms with Crippen molar-refractivity contribution in [3.8, 4) is 0 Å². The number of benzene rings is 3. The van der Waals surface area contributed by atoms with E-state index in [1.165, 1.54) is 17.7 Å². The van der Waals surface area contributed by atoms with Crippen molar-refractivity contribution < 1.29 is 14.0 Å². The van der Waals surface area contributed by atoms with Crippen LogP contribution in [0.5, 0.6) is 0 Å². The Morgan fingerprint density at radius 1 is 0.935 bits per heavy atom. The Morgan fingerprint density at radius 3 is 2.52 bits per heavy atom. The van der Waals surface area contributed by atoms with Gasteiger partial charge in [-0.05, 0) is 40.8 Å². The van der Waals surface area contributed by atoms with Crippen molar-refractivity contribution in [2.75, 3.05) is 6.54 Å². The topological polar surface area (TPSA) is 49.4 Å². The number of nitrogens with zero attached hydrogens (tertiary/aromatic N) is 1. The molecule has 1 aliphatic rings. The lowest BCUT2D eigenvalue weighted by Gasteiger charge is -2.38. The van der Waals surface area contributed by atoms with Gasteiger partial charge in [0, 0.05) is 25.9 Å². The molecule has 0 spiro atoms. The van der Waals surface area contributed by atoms with E-state index < -0.39 is 0 Å². The Labute approximate surface area is 181 Å². The molecule has 31 heavy (non-hydrogen) atoms. The van der Waals surface area contributed by atoms with Crippen LogP contribution in [0, 0.1) is 5.82 Å². The van der Waals surface area contributed by atoms with Gasteiger partial charge in [0.1, 0.15) is 5.82 Å². The van der Waals surface area contributed by atoms with Gasteiger partial charge in [0.2, 0.25) is 11.8 Å². The van der Waals surface area contributed by atoms with E-state index in [0.717, 1.165) is 17.5 Å². The third-order valence-electron chi connectivity index (χ3n) is 5.66.